The summed E-state index contributed by atoms with van der Waals surface area (Å²) >= 11 is 0. The lowest BCUT2D eigenvalue weighted by molar-refractivity contribution is -0.120. The quantitative estimate of drug-likeness (QED) is 0.790. The van der Waals surface area contributed by atoms with Gasteiger partial charge in [-0.2, -0.15) is 5.10 Å². The van der Waals surface area contributed by atoms with E-state index in [4.69, 9.17) is 0 Å². The molecule has 0 saturated heterocycles. The minimum Gasteiger partial charge on any atom is -0.353 e. The number of nitrogens with zero attached hydrogens (tertiary/aromatic N) is 2. The Morgan fingerprint density at radius 2 is 1.92 bits per heavy atom. The van der Waals surface area contributed by atoms with Gasteiger partial charge in [-0.25, -0.2) is 4.68 Å². The Kier molecular flexibility index (Phi) is 5.23. The molecule has 0 radical (unpaired) electrons. The van der Waals surface area contributed by atoms with E-state index < -0.39 is 0 Å². The van der Waals surface area contributed by atoms with Gasteiger partial charge in [0.05, 0.1) is 18.8 Å². The van der Waals surface area contributed by atoms with Crippen LogP contribution in [-0.4, -0.2) is 34.7 Å². The number of carbonyl (C=O) groups excluding carboxylic acids is 2. The average Bonchev–Trinajstić information content (AvgIpc) is 3.07. The summed E-state index contributed by atoms with van der Waals surface area (Å²) in [7, 11) is 0. The predicted molar refractivity (Wildman–Crippen MR) is 92.3 cm³/mol. The summed E-state index contributed by atoms with van der Waals surface area (Å²) in [6.07, 6.45) is 2.84. The molecule has 2 amide bonds. The smallest absolute Gasteiger partial charge is 0.267 e. The molecule has 0 spiro atoms. The summed E-state index contributed by atoms with van der Waals surface area (Å²) < 4.78 is 1.38. The van der Waals surface area contributed by atoms with Crippen LogP contribution in [0.25, 0.3) is 0 Å². The van der Waals surface area contributed by atoms with Crippen molar-refractivity contribution in [3.63, 3.8) is 0 Å². The maximum atomic E-state index is 12.0. The van der Waals surface area contributed by atoms with Crippen molar-refractivity contribution in [3.05, 3.63) is 63.6 Å². The van der Waals surface area contributed by atoms with Crippen LogP contribution in [0.5, 0.6) is 0 Å². The van der Waals surface area contributed by atoms with Crippen LogP contribution in [0, 0.1) is 0 Å². The maximum absolute atomic E-state index is 12.0. The Morgan fingerprint density at radius 1 is 1.12 bits per heavy atom. The second-order valence-electron chi connectivity index (χ2n) is 5.93. The first-order valence-electron chi connectivity index (χ1n) is 8.33. The van der Waals surface area contributed by atoms with Crippen LogP contribution in [0.2, 0.25) is 0 Å². The molecule has 1 heterocycles. The zero-order valence-corrected chi connectivity index (χ0v) is 13.8. The van der Waals surface area contributed by atoms with Crippen molar-refractivity contribution in [2.75, 3.05) is 13.1 Å². The fourth-order valence-corrected chi connectivity index (χ4v) is 2.82. The van der Waals surface area contributed by atoms with Crippen molar-refractivity contribution in [3.8, 4) is 0 Å². The molecule has 2 N–H and O–H groups in total. The maximum Gasteiger partial charge on any atom is 0.267 e. The monoisotopic (exact) mass is 340 g/mol. The van der Waals surface area contributed by atoms with Crippen molar-refractivity contribution in [2.24, 2.45) is 0 Å². The summed E-state index contributed by atoms with van der Waals surface area (Å²) in [5.74, 6) is -0.606. The van der Waals surface area contributed by atoms with Gasteiger partial charge < -0.3 is 10.6 Å². The van der Waals surface area contributed by atoms with Gasteiger partial charge in [0, 0.05) is 18.2 Å². The molecule has 0 unspecified atom stereocenters. The van der Waals surface area contributed by atoms with Crippen molar-refractivity contribution < 1.29 is 9.59 Å². The van der Waals surface area contributed by atoms with Gasteiger partial charge in [0.25, 0.3) is 11.5 Å². The molecule has 25 heavy (non-hydrogen) atoms. The van der Waals surface area contributed by atoms with E-state index in [1.54, 1.807) is 30.3 Å². The Bertz CT molecular complexity index is 830. The summed E-state index contributed by atoms with van der Waals surface area (Å²) in [6, 6.07) is 10.3. The van der Waals surface area contributed by atoms with E-state index in [9.17, 15) is 14.4 Å². The highest BCUT2D eigenvalue weighted by Crippen LogP contribution is 2.16. The highest BCUT2D eigenvalue weighted by Gasteiger charge is 2.14. The van der Waals surface area contributed by atoms with Gasteiger partial charge in [-0.1, -0.05) is 18.2 Å². The molecule has 0 saturated carbocycles. The highest BCUT2D eigenvalue weighted by molar-refractivity contribution is 5.96. The first kappa shape index (κ1) is 16.9. The van der Waals surface area contributed by atoms with Crippen LogP contribution in [0.15, 0.2) is 41.2 Å². The molecular formula is C18H20N4O3. The van der Waals surface area contributed by atoms with E-state index in [0.717, 1.165) is 30.5 Å². The summed E-state index contributed by atoms with van der Waals surface area (Å²) in [4.78, 5) is 35.6. The summed E-state index contributed by atoms with van der Waals surface area (Å²) in [5, 5.41) is 9.58. The molecule has 1 aromatic carbocycles. The summed E-state index contributed by atoms with van der Waals surface area (Å²) in [6.45, 7) is 0.483. The van der Waals surface area contributed by atoms with Gasteiger partial charge >= 0.3 is 0 Å². The standard InChI is InChI=1S/C18H20N4O3/c23-16(12-20-18(25)13-5-2-1-3-6-13)19-9-10-22-17(24)11-14-7-4-8-15(14)21-22/h1-3,5-6,11H,4,7-10,12H2,(H,19,23)(H,20,25). The van der Waals surface area contributed by atoms with Gasteiger partial charge in [0.2, 0.25) is 5.91 Å². The molecule has 1 aliphatic rings. The minimum atomic E-state index is -0.307. The third-order valence-corrected chi connectivity index (χ3v) is 4.12. The zero-order valence-electron chi connectivity index (χ0n) is 13.8. The van der Waals surface area contributed by atoms with Gasteiger partial charge in [-0.3, -0.25) is 14.4 Å². The van der Waals surface area contributed by atoms with Crippen LogP contribution in [0.3, 0.4) is 0 Å². The van der Waals surface area contributed by atoms with E-state index in [1.165, 1.54) is 4.68 Å². The molecule has 130 valence electrons. The van der Waals surface area contributed by atoms with Crippen molar-refractivity contribution in [1.82, 2.24) is 20.4 Å². The predicted octanol–water partition coefficient (Wildman–Crippen LogP) is 0.278. The van der Waals surface area contributed by atoms with Crippen molar-refractivity contribution >= 4 is 11.8 Å². The number of nitrogens with one attached hydrogen (secondary N) is 2. The van der Waals surface area contributed by atoms with E-state index in [2.05, 4.69) is 15.7 Å². The van der Waals surface area contributed by atoms with Crippen LogP contribution in [0.1, 0.15) is 28.0 Å². The first-order chi connectivity index (χ1) is 12.1. The largest absolute Gasteiger partial charge is 0.353 e. The average molecular weight is 340 g/mol. The molecule has 1 aromatic heterocycles. The van der Waals surface area contributed by atoms with Gasteiger partial charge in [0.15, 0.2) is 0 Å². The number of hydrogen-bond acceptors (Lipinski definition) is 4. The summed E-state index contributed by atoms with van der Waals surface area (Å²) in [5.41, 5.74) is 2.37. The minimum absolute atomic E-state index is 0.111. The lowest BCUT2D eigenvalue weighted by atomic mass is 10.2. The van der Waals surface area contributed by atoms with Crippen molar-refractivity contribution in [2.45, 2.75) is 25.8 Å². The topological polar surface area (TPSA) is 93.1 Å². The number of fused-ring (bicyclic) bond motifs is 1. The molecule has 7 heteroatoms. The molecule has 7 nitrogen and oxygen atoms in total. The van der Waals surface area contributed by atoms with Gasteiger partial charge in [-0.15, -0.1) is 0 Å². The lowest BCUT2D eigenvalue weighted by Crippen LogP contribution is -2.39. The Morgan fingerprint density at radius 3 is 2.72 bits per heavy atom. The molecule has 3 rings (SSSR count). The van der Waals surface area contributed by atoms with Crippen molar-refractivity contribution in [1.29, 1.82) is 0 Å². The van der Waals surface area contributed by atoms with E-state index in [0.29, 0.717) is 12.1 Å². The highest BCUT2D eigenvalue weighted by atomic mass is 16.2. The number of rotatable bonds is 6. The van der Waals surface area contributed by atoms with E-state index in [1.807, 2.05) is 6.07 Å². The molecule has 0 bridgehead atoms. The molecule has 1 aliphatic carbocycles. The fraction of sp³-hybridized carbons (Fsp3) is 0.333. The first-order valence-corrected chi connectivity index (χ1v) is 8.33. The van der Waals surface area contributed by atoms with Crippen LogP contribution in [0.4, 0.5) is 0 Å². The number of hydrogen-bond donors (Lipinski definition) is 2. The van der Waals surface area contributed by atoms with E-state index >= 15 is 0 Å². The Labute approximate surface area is 145 Å². The molecular weight excluding hydrogens is 320 g/mol. The normalized spacial score (nSPS) is 12.5. The Hall–Kier alpha value is -2.96. The van der Waals surface area contributed by atoms with Crippen LogP contribution >= 0.6 is 0 Å². The van der Waals surface area contributed by atoms with Crippen LogP contribution < -0.4 is 16.2 Å². The second kappa shape index (κ2) is 7.74. The third-order valence-electron chi connectivity index (χ3n) is 4.12. The molecule has 2 aromatic rings. The van der Waals surface area contributed by atoms with Gasteiger partial charge in [0.1, 0.15) is 0 Å². The SMILES string of the molecule is O=C(CNC(=O)c1ccccc1)NCCn1nc2c(cc1=O)CCC2. The second-order valence-corrected chi connectivity index (χ2v) is 5.93. The molecule has 0 aliphatic heterocycles. The number of amides is 2. The van der Waals surface area contributed by atoms with E-state index in [-0.39, 0.29) is 30.5 Å². The third kappa shape index (κ3) is 4.32. The number of carbonyl (C=O) groups is 2. The fourth-order valence-electron chi connectivity index (χ4n) is 2.82. The molecule has 0 fully saturated rings. The van der Waals surface area contributed by atoms with Crippen LogP contribution in [-0.2, 0) is 24.2 Å². The van der Waals surface area contributed by atoms with Gasteiger partial charge in [-0.05, 0) is 37.0 Å². The number of aryl methyl sites for hydroxylation is 2. The lowest BCUT2D eigenvalue weighted by Gasteiger charge is -2.09. The zero-order chi connectivity index (χ0) is 17.6. The molecule has 0 atom stereocenters. The number of benzene rings is 1. The Balaban J connectivity index is 1.44. The number of aromatic nitrogens is 2.